The lowest BCUT2D eigenvalue weighted by atomic mass is 9.64. The normalized spacial score (nSPS) is 30.9. The fourth-order valence-electron chi connectivity index (χ4n) is 7.55. The number of likely N-dealkylation sites (tertiary alicyclic amines) is 1. The zero-order valence-electron chi connectivity index (χ0n) is 23.9. The summed E-state index contributed by atoms with van der Waals surface area (Å²) in [6.45, 7) is 20.5. The van der Waals surface area contributed by atoms with Gasteiger partial charge in [0.25, 0.3) is 0 Å². The van der Waals surface area contributed by atoms with Gasteiger partial charge in [-0.05, 0) is 44.9 Å². The van der Waals surface area contributed by atoms with Crippen LogP contribution in [0.4, 0.5) is 0 Å². The highest BCUT2D eigenvalue weighted by atomic mass is 16.5. The number of carbonyl (C=O) groups is 3. The summed E-state index contributed by atoms with van der Waals surface area (Å²) in [5.74, 6) is -2.09. The number of aliphatic hydroxyl groups is 1. The summed E-state index contributed by atoms with van der Waals surface area (Å²) < 4.78 is 6.81. The van der Waals surface area contributed by atoms with Gasteiger partial charge in [0.2, 0.25) is 17.7 Å². The van der Waals surface area contributed by atoms with E-state index in [-0.39, 0.29) is 36.3 Å². The number of hydrogen-bond acceptors (Lipinski definition) is 5. The quantitative estimate of drug-likeness (QED) is 0.426. The lowest BCUT2D eigenvalue weighted by Gasteiger charge is -2.45. The van der Waals surface area contributed by atoms with E-state index in [2.05, 4.69) is 33.9 Å². The molecule has 37 heavy (non-hydrogen) atoms. The molecule has 0 aliphatic carbocycles. The van der Waals surface area contributed by atoms with Crippen molar-refractivity contribution in [3.05, 3.63) is 25.3 Å². The van der Waals surface area contributed by atoms with E-state index in [4.69, 9.17) is 4.74 Å². The predicted molar refractivity (Wildman–Crippen MR) is 144 cm³/mol. The first-order valence-electron chi connectivity index (χ1n) is 13.6. The van der Waals surface area contributed by atoms with Gasteiger partial charge in [0.05, 0.1) is 24.0 Å². The standard InChI is InChI=1S/C29H47N3O5/c1-10-15-30(9)23(34)20-21-24(35)31(17-18-33)22(29(21)14-13-28(20,12-3)37-29)25(36)32(16-11-2)27(7,8)19-26(4,5)6/h10-11,20-22,33H,1-2,12-19H2,3-9H3/t20-,21-,22?,28+,29?/m0/s1. The Morgan fingerprint density at radius 1 is 1.14 bits per heavy atom. The Bertz CT molecular complexity index is 940. The Kier molecular flexibility index (Phi) is 8.08. The van der Waals surface area contributed by atoms with Crippen LogP contribution >= 0.6 is 0 Å². The first-order valence-corrected chi connectivity index (χ1v) is 13.6. The number of β-amino-alcohol motifs (C(OH)–C–C–N with tert-alkyl or cyclic N) is 1. The second-order valence-electron chi connectivity index (χ2n) is 12.9. The molecule has 3 fully saturated rings. The van der Waals surface area contributed by atoms with Gasteiger partial charge in [-0.25, -0.2) is 0 Å². The molecule has 0 aromatic rings. The molecule has 0 aromatic carbocycles. The Labute approximate surface area is 222 Å². The van der Waals surface area contributed by atoms with Gasteiger partial charge >= 0.3 is 0 Å². The molecule has 3 rings (SSSR count). The zero-order valence-corrected chi connectivity index (χ0v) is 23.9. The van der Waals surface area contributed by atoms with E-state index in [0.717, 1.165) is 6.42 Å². The van der Waals surface area contributed by atoms with Crippen molar-refractivity contribution in [2.75, 3.05) is 33.3 Å². The second-order valence-corrected chi connectivity index (χ2v) is 12.9. The number of fused-ring (bicyclic) bond motifs is 1. The van der Waals surface area contributed by atoms with Crippen molar-refractivity contribution in [1.29, 1.82) is 0 Å². The molecule has 1 spiro atoms. The highest BCUT2D eigenvalue weighted by molar-refractivity contribution is 5.99. The third-order valence-electron chi connectivity index (χ3n) is 8.57. The van der Waals surface area contributed by atoms with Crippen LogP contribution in [0.1, 0.15) is 67.2 Å². The summed E-state index contributed by atoms with van der Waals surface area (Å²) in [7, 11) is 1.71. The third-order valence-corrected chi connectivity index (χ3v) is 8.57. The maximum absolute atomic E-state index is 14.5. The van der Waals surface area contributed by atoms with Crippen LogP contribution in [0.25, 0.3) is 0 Å². The van der Waals surface area contributed by atoms with E-state index in [1.54, 1.807) is 29.0 Å². The molecule has 2 bridgehead atoms. The van der Waals surface area contributed by atoms with Crippen LogP contribution in [-0.2, 0) is 19.1 Å². The summed E-state index contributed by atoms with van der Waals surface area (Å²) in [5.41, 5.74) is -2.46. The van der Waals surface area contributed by atoms with Crippen LogP contribution in [0.2, 0.25) is 0 Å². The van der Waals surface area contributed by atoms with Crippen LogP contribution in [-0.4, -0.2) is 93.6 Å². The van der Waals surface area contributed by atoms with Crippen molar-refractivity contribution in [1.82, 2.24) is 14.7 Å². The van der Waals surface area contributed by atoms with Gasteiger partial charge in [0.1, 0.15) is 11.6 Å². The molecule has 0 radical (unpaired) electrons. The van der Waals surface area contributed by atoms with Gasteiger partial charge in [-0.2, -0.15) is 0 Å². The average molecular weight is 518 g/mol. The molecule has 3 aliphatic heterocycles. The molecule has 5 atom stereocenters. The highest BCUT2D eigenvalue weighted by Crippen LogP contribution is 2.64. The van der Waals surface area contributed by atoms with Gasteiger partial charge in [-0.15, -0.1) is 13.2 Å². The number of carbonyl (C=O) groups excluding carboxylic acids is 3. The Balaban J connectivity index is 2.13. The zero-order chi connectivity index (χ0) is 28.0. The number of likely N-dealkylation sites (N-methyl/N-ethyl adjacent to an activating group) is 1. The number of hydrogen-bond donors (Lipinski definition) is 1. The van der Waals surface area contributed by atoms with E-state index < -0.39 is 34.6 Å². The molecule has 1 N–H and O–H groups in total. The summed E-state index contributed by atoms with van der Waals surface area (Å²) in [6, 6.07) is -0.910. The lowest BCUT2D eigenvalue weighted by Crippen LogP contribution is -2.61. The summed E-state index contributed by atoms with van der Waals surface area (Å²) in [4.78, 5) is 47.2. The molecule has 3 saturated heterocycles. The van der Waals surface area contributed by atoms with Crippen LogP contribution in [0.15, 0.2) is 25.3 Å². The van der Waals surface area contributed by atoms with E-state index in [1.165, 1.54) is 4.90 Å². The van der Waals surface area contributed by atoms with Crippen LogP contribution in [0.3, 0.4) is 0 Å². The van der Waals surface area contributed by atoms with Gasteiger partial charge in [-0.1, -0.05) is 39.8 Å². The minimum Gasteiger partial charge on any atom is -0.395 e. The molecule has 3 amide bonds. The van der Waals surface area contributed by atoms with Crippen molar-refractivity contribution in [2.24, 2.45) is 17.3 Å². The molecule has 8 heteroatoms. The minimum atomic E-state index is -1.11. The minimum absolute atomic E-state index is 0.0149. The van der Waals surface area contributed by atoms with Crippen molar-refractivity contribution in [3.63, 3.8) is 0 Å². The fourth-order valence-corrected chi connectivity index (χ4v) is 7.55. The van der Waals surface area contributed by atoms with Gasteiger partial charge in [0.15, 0.2) is 0 Å². The Morgan fingerprint density at radius 3 is 2.27 bits per heavy atom. The largest absolute Gasteiger partial charge is 0.395 e. The van der Waals surface area contributed by atoms with Crippen LogP contribution in [0.5, 0.6) is 0 Å². The number of rotatable bonds is 11. The highest BCUT2D eigenvalue weighted by Gasteiger charge is 2.79. The fraction of sp³-hybridized carbons (Fsp3) is 0.759. The van der Waals surface area contributed by atoms with Crippen molar-refractivity contribution < 1.29 is 24.2 Å². The molecule has 0 aromatic heterocycles. The average Bonchev–Trinajstić information content (AvgIpc) is 3.39. The Morgan fingerprint density at radius 2 is 1.76 bits per heavy atom. The van der Waals surface area contributed by atoms with E-state index in [1.807, 2.05) is 20.8 Å². The number of amides is 3. The molecular formula is C29H47N3O5. The summed E-state index contributed by atoms with van der Waals surface area (Å²) in [5, 5.41) is 9.90. The van der Waals surface area contributed by atoms with Crippen LogP contribution < -0.4 is 0 Å². The molecule has 2 unspecified atom stereocenters. The summed E-state index contributed by atoms with van der Waals surface area (Å²) >= 11 is 0. The van der Waals surface area contributed by atoms with Crippen LogP contribution in [0, 0.1) is 17.3 Å². The summed E-state index contributed by atoms with van der Waals surface area (Å²) in [6.07, 6.45) is 5.81. The molecule has 8 nitrogen and oxygen atoms in total. The molecule has 3 heterocycles. The van der Waals surface area contributed by atoms with Crippen molar-refractivity contribution in [3.8, 4) is 0 Å². The van der Waals surface area contributed by atoms with E-state index >= 15 is 0 Å². The van der Waals surface area contributed by atoms with Gasteiger partial charge in [0, 0.05) is 32.2 Å². The maximum atomic E-state index is 14.5. The van der Waals surface area contributed by atoms with Gasteiger partial charge < -0.3 is 24.5 Å². The number of nitrogens with zero attached hydrogens (tertiary/aromatic N) is 3. The monoisotopic (exact) mass is 517 g/mol. The van der Waals surface area contributed by atoms with E-state index in [0.29, 0.717) is 32.4 Å². The molecule has 3 aliphatic rings. The third kappa shape index (κ3) is 4.76. The first-order chi connectivity index (χ1) is 17.2. The molecule has 208 valence electrons. The first kappa shape index (κ1) is 29.4. The molecular weight excluding hydrogens is 470 g/mol. The smallest absolute Gasteiger partial charge is 0.249 e. The second kappa shape index (κ2) is 10.2. The topological polar surface area (TPSA) is 90.4 Å². The SMILES string of the molecule is C=CCN(C)C(=O)[C@@H]1[C@H]2C(=O)N(CCO)C(C(=O)N(CC=C)C(C)(C)CC(C)(C)C)C23CC[C@@]1(CC)O3. The molecule has 0 saturated carbocycles. The number of aliphatic hydroxyl groups excluding tert-OH is 1. The predicted octanol–water partition coefficient (Wildman–Crippen LogP) is 3.01. The Hall–Kier alpha value is -2.19. The lowest BCUT2D eigenvalue weighted by molar-refractivity contribution is -0.158. The maximum Gasteiger partial charge on any atom is 0.249 e. The van der Waals surface area contributed by atoms with Gasteiger partial charge in [-0.3, -0.25) is 14.4 Å². The van der Waals surface area contributed by atoms with Crippen molar-refractivity contribution in [2.45, 2.75) is 90.0 Å². The number of ether oxygens (including phenoxy) is 1. The van der Waals surface area contributed by atoms with Crippen molar-refractivity contribution >= 4 is 17.7 Å². The van der Waals surface area contributed by atoms with E-state index in [9.17, 15) is 19.5 Å².